The summed E-state index contributed by atoms with van der Waals surface area (Å²) in [6.07, 6.45) is 0.155. The molecule has 2 heterocycles. The van der Waals surface area contributed by atoms with Gasteiger partial charge in [0.2, 0.25) is 0 Å². The first-order valence-corrected chi connectivity index (χ1v) is 10.6. The van der Waals surface area contributed by atoms with Gasteiger partial charge in [-0.05, 0) is 24.5 Å². The second-order valence-corrected chi connectivity index (χ2v) is 9.02. The molecule has 1 aromatic heterocycles. The van der Waals surface area contributed by atoms with Crippen molar-refractivity contribution < 1.29 is 23.5 Å². The second kappa shape index (κ2) is 7.85. The van der Waals surface area contributed by atoms with E-state index < -0.39 is 29.3 Å². The molecule has 2 aromatic carbocycles. The van der Waals surface area contributed by atoms with Crippen LogP contribution in [0.3, 0.4) is 0 Å². The summed E-state index contributed by atoms with van der Waals surface area (Å²) in [6, 6.07) is 8.20. The predicted molar refractivity (Wildman–Crippen MR) is 115 cm³/mol. The lowest BCUT2D eigenvalue weighted by Gasteiger charge is -2.25. The van der Waals surface area contributed by atoms with Gasteiger partial charge in [0.1, 0.15) is 11.3 Å². The molecular formula is C23H20F2N2O3S. The van der Waals surface area contributed by atoms with Crippen molar-refractivity contribution in [2.75, 3.05) is 4.90 Å². The van der Waals surface area contributed by atoms with Gasteiger partial charge in [0, 0.05) is 12.5 Å². The molecule has 1 N–H and O–H groups in total. The first-order chi connectivity index (χ1) is 14.7. The number of ketones is 1. The van der Waals surface area contributed by atoms with Crippen molar-refractivity contribution >= 4 is 38.4 Å². The minimum atomic E-state index is -0.910. The number of anilines is 1. The zero-order chi connectivity index (χ0) is 22.4. The lowest BCUT2D eigenvalue weighted by Crippen LogP contribution is -2.31. The fourth-order valence-corrected chi connectivity index (χ4v) is 4.80. The van der Waals surface area contributed by atoms with Gasteiger partial charge in [0.05, 0.1) is 16.3 Å². The number of Topliss-reactive ketones (excluding diaryl/α,β-unsaturated/α-hetero) is 1. The third-order valence-corrected chi connectivity index (χ3v) is 6.07. The number of rotatable bonds is 5. The molecule has 1 atom stereocenters. The molecule has 1 amide bonds. The van der Waals surface area contributed by atoms with Gasteiger partial charge in [-0.25, -0.2) is 13.8 Å². The normalized spacial score (nSPS) is 16.8. The van der Waals surface area contributed by atoms with Gasteiger partial charge in [-0.3, -0.25) is 14.5 Å². The van der Waals surface area contributed by atoms with Gasteiger partial charge in [0.15, 0.2) is 22.5 Å². The molecule has 4 rings (SSSR count). The maximum atomic E-state index is 14.2. The number of aliphatic hydroxyl groups excluding tert-OH is 1. The Morgan fingerprint density at radius 2 is 2.00 bits per heavy atom. The Balaban J connectivity index is 1.90. The molecule has 0 fully saturated rings. The Bertz CT molecular complexity index is 1250. The van der Waals surface area contributed by atoms with E-state index >= 15 is 0 Å². The second-order valence-electron chi connectivity index (χ2n) is 8.01. The van der Waals surface area contributed by atoms with Crippen LogP contribution >= 0.6 is 11.3 Å². The largest absolute Gasteiger partial charge is 0.503 e. The van der Waals surface area contributed by atoms with Crippen LogP contribution in [0.5, 0.6) is 0 Å². The van der Waals surface area contributed by atoms with Gasteiger partial charge in [-0.2, -0.15) is 0 Å². The number of halogens is 2. The van der Waals surface area contributed by atoms with Crippen LogP contribution in [0.2, 0.25) is 0 Å². The smallest absolute Gasteiger partial charge is 0.296 e. The van der Waals surface area contributed by atoms with Crippen molar-refractivity contribution in [1.29, 1.82) is 0 Å². The van der Waals surface area contributed by atoms with E-state index in [2.05, 4.69) is 4.98 Å². The van der Waals surface area contributed by atoms with Crippen molar-refractivity contribution in [2.24, 2.45) is 5.92 Å². The highest BCUT2D eigenvalue weighted by Gasteiger charge is 2.45. The Kier molecular flexibility index (Phi) is 5.35. The summed E-state index contributed by atoms with van der Waals surface area (Å²) in [6.45, 7) is 5.62. The number of aryl methyl sites for hydroxylation is 1. The Hall–Kier alpha value is -3.13. The van der Waals surface area contributed by atoms with E-state index in [1.54, 1.807) is 12.1 Å². The number of carbonyl (C=O) groups is 2. The Labute approximate surface area is 181 Å². The van der Waals surface area contributed by atoms with Crippen molar-refractivity contribution in [3.05, 3.63) is 70.5 Å². The van der Waals surface area contributed by atoms with Crippen LogP contribution in [-0.2, 0) is 9.59 Å². The molecule has 1 aliphatic heterocycles. The van der Waals surface area contributed by atoms with Crippen molar-refractivity contribution in [3.8, 4) is 0 Å². The van der Waals surface area contributed by atoms with E-state index in [4.69, 9.17) is 0 Å². The van der Waals surface area contributed by atoms with Crippen LogP contribution in [0.4, 0.5) is 13.9 Å². The molecule has 3 aromatic rings. The van der Waals surface area contributed by atoms with Crippen LogP contribution < -0.4 is 4.90 Å². The molecule has 31 heavy (non-hydrogen) atoms. The highest BCUT2D eigenvalue weighted by molar-refractivity contribution is 7.22. The minimum Gasteiger partial charge on any atom is -0.503 e. The van der Waals surface area contributed by atoms with Crippen molar-refractivity contribution in [2.45, 2.75) is 33.2 Å². The molecular weight excluding hydrogens is 422 g/mol. The number of benzene rings is 2. The lowest BCUT2D eigenvalue weighted by atomic mass is 9.91. The molecule has 0 radical (unpaired) electrons. The molecule has 8 heteroatoms. The molecule has 0 spiro atoms. The van der Waals surface area contributed by atoms with E-state index in [-0.39, 0.29) is 39.0 Å². The summed E-state index contributed by atoms with van der Waals surface area (Å²) >= 11 is 0.924. The number of nitrogens with zero attached hydrogens (tertiary/aromatic N) is 2. The Morgan fingerprint density at radius 1 is 1.26 bits per heavy atom. The number of carbonyl (C=O) groups excluding carboxylic acids is 2. The maximum Gasteiger partial charge on any atom is 0.296 e. The first kappa shape index (κ1) is 21.1. The van der Waals surface area contributed by atoms with E-state index in [9.17, 15) is 23.5 Å². The van der Waals surface area contributed by atoms with Crippen molar-refractivity contribution in [3.63, 3.8) is 0 Å². The SMILES string of the molecule is Cc1cccc(C2C(C(=O)CC(C)C)=C(O)C(=O)N2c2nc3c(F)cc(F)cc3s2)c1. The first-order valence-electron chi connectivity index (χ1n) is 9.79. The standard InChI is InChI=1S/C23H20F2N2O3S/c1-11(2)7-16(28)18-20(13-6-4-5-12(3)8-13)27(22(30)21(18)29)23-26-19-15(25)9-14(24)10-17(19)31-23/h4-6,8-11,20,29H,7H2,1-3H3. The fourth-order valence-electron chi connectivity index (χ4n) is 3.77. The molecule has 0 saturated heterocycles. The van der Waals surface area contributed by atoms with Crippen molar-refractivity contribution in [1.82, 2.24) is 4.98 Å². The monoisotopic (exact) mass is 442 g/mol. The summed E-state index contributed by atoms with van der Waals surface area (Å²) < 4.78 is 28.1. The van der Waals surface area contributed by atoms with E-state index in [1.807, 2.05) is 32.9 Å². The zero-order valence-electron chi connectivity index (χ0n) is 17.1. The Morgan fingerprint density at radius 3 is 2.68 bits per heavy atom. The van der Waals surface area contributed by atoms with Crippen LogP contribution in [-0.4, -0.2) is 21.8 Å². The topological polar surface area (TPSA) is 70.5 Å². The summed E-state index contributed by atoms with van der Waals surface area (Å²) in [5, 5.41) is 10.7. The average molecular weight is 442 g/mol. The van der Waals surface area contributed by atoms with Crippen LogP contribution in [0, 0.1) is 24.5 Å². The highest BCUT2D eigenvalue weighted by atomic mass is 32.1. The minimum absolute atomic E-state index is 0.00444. The molecule has 0 saturated carbocycles. The number of aromatic nitrogens is 1. The molecule has 0 aliphatic carbocycles. The van der Waals surface area contributed by atoms with Gasteiger partial charge >= 0.3 is 0 Å². The number of fused-ring (bicyclic) bond motifs is 1. The fraction of sp³-hybridized carbons (Fsp3) is 0.261. The number of amides is 1. The number of thiazole rings is 1. The van der Waals surface area contributed by atoms with E-state index in [0.717, 1.165) is 29.0 Å². The molecule has 1 aliphatic rings. The maximum absolute atomic E-state index is 14.2. The highest BCUT2D eigenvalue weighted by Crippen LogP contribution is 2.44. The van der Waals surface area contributed by atoms with Crippen LogP contribution in [0.15, 0.2) is 47.7 Å². The summed E-state index contributed by atoms with van der Waals surface area (Å²) in [4.78, 5) is 31.5. The molecule has 0 bridgehead atoms. The predicted octanol–water partition coefficient (Wildman–Crippen LogP) is 5.40. The van der Waals surface area contributed by atoms with Gasteiger partial charge in [-0.1, -0.05) is 55.0 Å². The number of aliphatic hydroxyl groups is 1. The molecule has 160 valence electrons. The number of hydrogen-bond donors (Lipinski definition) is 1. The number of hydrogen-bond acceptors (Lipinski definition) is 5. The van der Waals surface area contributed by atoms with Crippen LogP contribution in [0.1, 0.15) is 37.4 Å². The van der Waals surface area contributed by atoms with Crippen LogP contribution in [0.25, 0.3) is 10.2 Å². The quantitative estimate of drug-likeness (QED) is 0.575. The molecule has 5 nitrogen and oxygen atoms in total. The zero-order valence-corrected chi connectivity index (χ0v) is 18.0. The lowest BCUT2D eigenvalue weighted by molar-refractivity contribution is -0.118. The third kappa shape index (κ3) is 3.72. The average Bonchev–Trinajstić information content (AvgIpc) is 3.20. The van der Waals surface area contributed by atoms with Gasteiger partial charge < -0.3 is 5.11 Å². The van der Waals surface area contributed by atoms with Gasteiger partial charge in [-0.15, -0.1) is 0 Å². The molecule has 1 unspecified atom stereocenters. The summed E-state index contributed by atoms with van der Waals surface area (Å²) in [5.74, 6) is -3.34. The van der Waals surface area contributed by atoms with E-state index in [0.29, 0.717) is 5.56 Å². The summed E-state index contributed by atoms with van der Waals surface area (Å²) in [5.41, 5.74) is 1.45. The third-order valence-electron chi connectivity index (χ3n) is 5.07. The van der Waals surface area contributed by atoms with E-state index in [1.165, 1.54) is 4.90 Å². The van der Waals surface area contributed by atoms with Gasteiger partial charge in [0.25, 0.3) is 5.91 Å². The summed E-state index contributed by atoms with van der Waals surface area (Å²) in [7, 11) is 0.